The van der Waals surface area contributed by atoms with Gasteiger partial charge >= 0.3 is 0 Å². The van der Waals surface area contributed by atoms with Crippen LogP contribution >= 0.6 is 22.5 Å². The monoisotopic (exact) mass is 226 g/mol. The van der Waals surface area contributed by atoms with E-state index in [2.05, 4.69) is 16.6 Å². The first-order chi connectivity index (χ1) is 6.81. The Morgan fingerprint density at radius 1 is 1.43 bits per heavy atom. The molecule has 2 rings (SSSR count). The Kier molecular flexibility index (Phi) is 2.79. The van der Waals surface area contributed by atoms with E-state index in [1.54, 1.807) is 29.4 Å². The molecule has 0 unspecified atom stereocenters. The van der Waals surface area contributed by atoms with Crippen LogP contribution in [0.25, 0.3) is 5.69 Å². The lowest BCUT2D eigenvalue weighted by Crippen LogP contribution is -1.94. The van der Waals surface area contributed by atoms with Crippen LogP contribution in [0.3, 0.4) is 0 Å². The molecule has 0 saturated carbocycles. The molecule has 5 heteroatoms. The SMILES string of the molecule is Fc1cc(SS)ccc1-n1ccnc1. The van der Waals surface area contributed by atoms with Crippen LogP contribution in [0, 0.1) is 5.82 Å². The van der Waals surface area contributed by atoms with Gasteiger partial charge in [-0.2, -0.15) is 0 Å². The maximum absolute atomic E-state index is 13.5. The van der Waals surface area contributed by atoms with E-state index in [1.165, 1.54) is 16.9 Å². The standard InChI is InChI=1S/C9H7FN2S2/c10-8-5-7(14-13)1-2-9(8)12-4-3-11-6-12/h1-6,13H. The average Bonchev–Trinajstić information content (AvgIpc) is 2.70. The van der Waals surface area contributed by atoms with E-state index < -0.39 is 0 Å². The maximum atomic E-state index is 13.5. The van der Waals surface area contributed by atoms with Gasteiger partial charge in [-0.3, -0.25) is 0 Å². The van der Waals surface area contributed by atoms with Crippen molar-refractivity contribution in [3.05, 3.63) is 42.7 Å². The van der Waals surface area contributed by atoms with Crippen LogP contribution in [0.2, 0.25) is 0 Å². The maximum Gasteiger partial charge on any atom is 0.148 e. The smallest absolute Gasteiger partial charge is 0.148 e. The zero-order chi connectivity index (χ0) is 9.97. The van der Waals surface area contributed by atoms with E-state index in [0.717, 1.165) is 4.90 Å². The average molecular weight is 226 g/mol. The van der Waals surface area contributed by atoms with Crippen LogP contribution in [0.4, 0.5) is 4.39 Å². The molecular weight excluding hydrogens is 219 g/mol. The van der Waals surface area contributed by atoms with Crippen LogP contribution in [0.1, 0.15) is 0 Å². The quantitative estimate of drug-likeness (QED) is 0.626. The minimum Gasteiger partial charge on any atom is -0.303 e. The van der Waals surface area contributed by atoms with Gasteiger partial charge in [0, 0.05) is 17.3 Å². The molecule has 0 amide bonds. The molecule has 1 aromatic carbocycles. The fourth-order valence-corrected chi connectivity index (χ4v) is 1.78. The first-order valence-electron chi connectivity index (χ1n) is 3.90. The molecule has 0 saturated heterocycles. The van der Waals surface area contributed by atoms with Gasteiger partial charge in [-0.05, 0) is 18.2 Å². The molecule has 1 aromatic heterocycles. The first-order valence-corrected chi connectivity index (χ1v) is 5.77. The molecule has 14 heavy (non-hydrogen) atoms. The zero-order valence-corrected chi connectivity index (χ0v) is 8.80. The second kappa shape index (κ2) is 4.06. The van der Waals surface area contributed by atoms with Gasteiger partial charge in [0.1, 0.15) is 5.82 Å². The van der Waals surface area contributed by atoms with Crippen molar-refractivity contribution in [3.8, 4) is 5.69 Å². The molecule has 0 aliphatic rings. The van der Waals surface area contributed by atoms with Gasteiger partial charge in [0.15, 0.2) is 0 Å². The summed E-state index contributed by atoms with van der Waals surface area (Å²) in [6.45, 7) is 0. The van der Waals surface area contributed by atoms with Crippen molar-refractivity contribution in [2.75, 3.05) is 0 Å². The van der Waals surface area contributed by atoms with Crippen LogP contribution in [-0.2, 0) is 0 Å². The van der Waals surface area contributed by atoms with Crippen molar-refractivity contribution >= 4 is 22.5 Å². The summed E-state index contributed by atoms with van der Waals surface area (Å²) < 4.78 is 15.1. The first kappa shape index (κ1) is 9.61. The van der Waals surface area contributed by atoms with Gasteiger partial charge in [0.05, 0.1) is 12.0 Å². The van der Waals surface area contributed by atoms with E-state index in [4.69, 9.17) is 0 Å². The fourth-order valence-electron chi connectivity index (χ4n) is 1.16. The van der Waals surface area contributed by atoms with Crippen molar-refractivity contribution in [3.63, 3.8) is 0 Å². The van der Waals surface area contributed by atoms with Gasteiger partial charge in [-0.1, -0.05) is 10.8 Å². The summed E-state index contributed by atoms with van der Waals surface area (Å²) in [6.07, 6.45) is 4.87. The Labute approximate surface area is 90.0 Å². The third kappa shape index (κ3) is 1.78. The number of halogens is 1. The Morgan fingerprint density at radius 3 is 2.86 bits per heavy atom. The van der Waals surface area contributed by atoms with Crippen molar-refractivity contribution in [2.24, 2.45) is 0 Å². The van der Waals surface area contributed by atoms with Crippen LogP contribution in [-0.4, -0.2) is 9.55 Å². The summed E-state index contributed by atoms with van der Waals surface area (Å²) in [5.74, 6) is -0.276. The van der Waals surface area contributed by atoms with Crippen molar-refractivity contribution in [1.82, 2.24) is 9.55 Å². The van der Waals surface area contributed by atoms with Gasteiger partial charge in [-0.25, -0.2) is 9.37 Å². The van der Waals surface area contributed by atoms with Gasteiger partial charge in [-0.15, -0.1) is 11.7 Å². The number of hydrogen-bond acceptors (Lipinski definition) is 3. The summed E-state index contributed by atoms with van der Waals surface area (Å²) in [7, 11) is 1.22. The summed E-state index contributed by atoms with van der Waals surface area (Å²) in [5.41, 5.74) is 0.494. The number of thiol groups is 1. The lowest BCUT2D eigenvalue weighted by molar-refractivity contribution is 0.614. The number of hydrogen-bond donors (Lipinski definition) is 1. The van der Waals surface area contributed by atoms with Crippen molar-refractivity contribution in [2.45, 2.75) is 4.90 Å². The fraction of sp³-hybridized carbons (Fsp3) is 0. The minimum atomic E-state index is -0.276. The molecule has 0 bridgehead atoms. The highest BCUT2D eigenvalue weighted by Gasteiger charge is 2.04. The molecule has 0 atom stereocenters. The van der Waals surface area contributed by atoms with Crippen molar-refractivity contribution < 1.29 is 4.39 Å². The second-order valence-corrected chi connectivity index (χ2v) is 3.88. The van der Waals surface area contributed by atoms with E-state index in [0.29, 0.717) is 5.69 Å². The molecule has 72 valence electrons. The number of rotatable bonds is 2. The number of imidazole rings is 1. The normalized spacial score (nSPS) is 10.4. The molecule has 2 aromatic rings. The summed E-state index contributed by atoms with van der Waals surface area (Å²) in [6, 6.07) is 4.97. The lowest BCUT2D eigenvalue weighted by Gasteiger charge is -2.04. The highest BCUT2D eigenvalue weighted by atomic mass is 33.1. The highest BCUT2D eigenvalue weighted by Crippen LogP contribution is 2.24. The summed E-state index contributed by atoms with van der Waals surface area (Å²) in [4.78, 5) is 4.65. The highest BCUT2D eigenvalue weighted by molar-refractivity contribution is 8.68. The molecule has 2 nitrogen and oxygen atoms in total. The van der Waals surface area contributed by atoms with E-state index >= 15 is 0 Å². The third-order valence-electron chi connectivity index (χ3n) is 1.81. The summed E-state index contributed by atoms with van der Waals surface area (Å²) >= 11 is 4.00. The zero-order valence-electron chi connectivity index (χ0n) is 7.09. The topological polar surface area (TPSA) is 17.8 Å². The molecular formula is C9H7FN2S2. The Morgan fingerprint density at radius 2 is 2.29 bits per heavy atom. The molecule has 0 N–H and O–H groups in total. The predicted molar refractivity (Wildman–Crippen MR) is 58.4 cm³/mol. The van der Waals surface area contributed by atoms with Crippen LogP contribution in [0.5, 0.6) is 0 Å². The number of benzene rings is 1. The largest absolute Gasteiger partial charge is 0.303 e. The summed E-state index contributed by atoms with van der Waals surface area (Å²) in [5, 5.41) is 0. The third-order valence-corrected chi connectivity index (χ3v) is 2.90. The Balaban J connectivity index is 2.46. The van der Waals surface area contributed by atoms with Crippen molar-refractivity contribution in [1.29, 1.82) is 0 Å². The van der Waals surface area contributed by atoms with Crippen LogP contribution in [0.15, 0.2) is 41.8 Å². The minimum absolute atomic E-state index is 0.276. The van der Waals surface area contributed by atoms with Gasteiger partial charge in [0.2, 0.25) is 0 Å². The van der Waals surface area contributed by atoms with E-state index in [9.17, 15) is 4.39 Å². The molecule has 0 aliphatic heterocycles. The molecule has 0 aliphatic carbocycles. The van der Waals surface area contributed by atoms with Gasteiger partial charge in [0.25, 0.3) is 0 Å². The molecule has 0 radical (unpaired) electrons. The predicted octanol–water partition coefficient (Wildman–Crippen LogP) is 2.95. The Hall–Kier alpha value is -0.940. The number of nitrogens with zero attached hydrogens (tertiary/aromatic N) is 2. The second-order valence-electron chi connectivity index (χ2n) is 2.67. The Bertz CT molecular complexity index is 428. The van der Waals surface area contributed by atoms with Crippen LogP contribution < -0.4 is 0 Å². The van der Waals surface area contributed by atoms with E-state index in [-0.39, 0.29) is 5.82 Å². The number of aromatic nitrogens is 2. The lowest BCUT2D eigenvalue weighted by atomic mass is 10.3. The van der Waals surface area contributed by atoms with E-state index in [1.807, 2.05) is 6.07 Å². The molecule has 0 spiro atoms. The molecule has 0 fully saturated rings. The molecule has 1 heterocycles. The van der Waals surface area contributed by atoms with Gasteiger partial charge < -0.3 is 4.57 Å².